The third-order valence-electron chi connectivity index (χ3n) is 2.19. The summed E-state index contributed by atoms with van der Waals surface area (Å²) >= 11 is 3.39. The molecule has 1 aromatic rings. The van der Waals surface area contributed by atoms with Crippen molar-refractivity contribution < 1.29 is 9.47 Å². The van der Waals surface area contributed by atoms with E-state index in [0.717, 1.165) is 4.47 Å². The molecule has 0 amide bonds. The number of nitrogens with zero attached hydrogens (tertiary/aromatic N) is 2. The molecule has 1 aromatic carbocycles. The zero-order valence-corrected chi connectivity index (χ0v) is 12.5. The van der Waals surface area contributed by atoms with Crippen molar-refractivity contribution in [2.24, 2.45) is 0 Å². The first-order valence-corrected chi connectivity index (χ1v) is 6.37. The van der Waals surface area contributed by atoms with Crippen LogP contribution in [0, 0.1) is 22.7 Å². The molecule has 0 aliphatic rings. The summed E-state index contributed by atoms with van der Waals surface area (Å²) in [5.41, 5.74) is 0.714. The molecule has 0 heterocycles. The summed E-state index contributed by atoms with van der Waals surface area (Å²) in [5.74, 6) is 1.16. The highest BCUT2D eigenvalue weighted by Crippen LogP contribution is 2.35. The first-order valence-electron chi connectivity index (χ1n) is 5.58. The van der Waals surface area contributed by atoms with Gasteiger partial charge in [-0.1, -0.05) is 15.9 Å². The fraction of sp³-hybridized carbons (Fsp3) is 0.286. The van der Waals surface area contributed by atoms with E-state index in [2.05, 4.69) is 15.9 Å². The molecule has 0 radical (unpaired) electrons. The number of ether oxygens (including phenoxy) is 2. The summed E-state index contributed by atoms with van der Waals surface area (Å²) in [7, 11) is 1.54. The molecule has 0 unspecified atom stereocenters. The summed E-state index contributed by atoms with van der Waals surface area (Å²) in [6, 6.07) is 7.12. The second-order valence-corrected chi connectivity index (χ2v) is 4.83. The molecule has 0 spiro atoms. The number of hydrogen-bond acceptors (Lipinski definition) is 4. The van der Waals surface area contributed by atoms with Gasteiger partial charge in [-0.3, -0.25) is 0 Å². The summed E-state index contributed by atoms with van der Waals surface area (Å²) in [6.45, 7) is 3.84. The third kappa shape index (κ3) is 4.01. The summed E-state index contributed by atoms with van der Waals surface area (Å²) in [4.78, 5) is 0. The monoisotopic (exact) mass is 320 g/mol. The number of allylic oxidation sites excluding steroid dienone is 1. The molecular formula is C14H13BrN2O2. The molecule has 1 rings (SSSR count). The van der Waals surface area contributed by atoms with Crippen molar-refractivity contribution in [3.8, 4) is 23.6 Å². The first kappa shape index (κ1) is 15.1. The summed E-state index contributed by atoms with van der Waals surface area (Å²) in [5, 5.41) is 17.5. The molecule has 5 heteroatoms. The van der Waals surface area contributed by atoms with E-state index in [0.29, 0.717) is 17.1 Å². The molecular weight excluding hydrogens is 308 g/mol. The van der Waals surface area contributed by atoms with E-state index in [1.165, 1.54) is 6.08 Å². The molecule has 4 nitrogen and oxygen atoms in total. The lowest BCUT2D eigenvalue weighted by Gasteiger charge is -2.15. The second kappa shape index (κ2) is 6.82. The molecule has 98 valence electrons. The zero-order chi connectivity index (χ0) is 14.4. The van der Waals surface area contributed by atoms with Gasteiger partial charge < -0.3 is 9.47 Å². The highest BCUT2D eigenvalue weighted by atomic mass is 79.9. The van der Waals surface area contributed by atoms with Crippen LogP contribution >= 0.6 is 15.9 Å². The van der Waals surface area contributed by atoms with Gasteiger partial charge in [0, 0.05) is 4.47 Å². The minimum Gasteiger partial charge on any atom is -0.493 e. The Balaban J connectivity index is 3.29. The number of halogens is 1. The second-order valence-electron chi connectivity index (χ2n) is 3.97. The van der Waals surface area contributed by atoms with Crippen LogP contribution in [0.4, 0.5) is 0 Å². The fourth-order valence-electron chi connectivity index (χ4n) is 1.41. The molecule has 0 saturated heterocycles. The molecule has 19 heavy (non-hydrogen) atoms. The molecule has 0 bridgehead atoms. The van der Waals surface area contributed by atoms with Crippen LogP contribution in [0.1, 0.15) is 19.4 Å². The zero-order valence-electron chi connectivity index (χ0n) is 10.9. The van der Waals surface area contributed by atoms with Crippen molar-refractivity contribution in [2.45, 2.75) is 20.0 Å². The molecule has 0 aromatic heterocycles. The molecule has 0 fully saturated rings. The average molecular weight is 321 g/mol. The number of hydrogen-bond donors (Lipinski definition) is 0. The standard InChI is InChI=1S/C14H13BrN2O2/c1-9(2)19-14-6-12(15)11(5-13(14)18-3)4-10(7-16)8-17/h4-6,9H,1-3H3. The Kier molecular flexibility index (Phi) is 5.41. The fourth-order valence-corrected chi connectivity index (χ4v) is 1.85. The van der Waals surface area contributed by atoms with E-state index in [9.17, 15) is 0 Å². The van der Waals surface area contributed by atoms with Crippen molar-refractivity contribution >= 4 is 22.0 Å². The van der Waals surface area contributed by atoms with Crippen LogP contribution in [-0.2, 0) is 0 Å². The van der Waals surface area contributed by atoms with Crippen LogP contribution in [-0.4, -0.2) is 13.2 Å². The van der Waals surface area contributed by atoms with Gasteiger partial charge in [0.25, 0.3) is 0 Å². The van der Waals surface area contributed by atoms with Gasteiger partial charge in [0.15, 0.2) is 11.5 Å². The number of benzene rings is 1. The Bertz CT molecular complexity index is 564. The predicted molar refractivity (Wildman–Crippen MR) is 75.7 cm³/mol. The van der Waals surface area contributed by atoms with E-state index < -0.39 is 0 Å². The Labute approximate surface area is 121 Å². The van der Waals surface area contributed by atoms with Gasteiger partial charge in [-0.05, 0) is 37.6 Å². The van der Waals surface area contributed by atoms with Crippen LogP contribution in [0.5, 0.6) is 11.5 Å². The predicted octanol–water partition coefficient (Wildman–Crippen LogP) is 3.68. The van der Waals surface area contributed by atoms with Crippen molar-refractivity contribution in [1.82, 2.24) is 0 Å². The van der Waals surface area contributed by atoms with Crippen LogP contribution in [0.25, 0.3) is 6.08 Å². The average Bonchev–Trinajstić information content (AvgIpc) is 2.37. The van der Waals surface area contributed by atoms with Gasteiger partial charge in [-0.2, -0.15) is 10.5 Å². The first-order chi connectivity index (χ1) is 9.01. The smallest absolute Gasteiger partial charge is 0.162 e. The minimum atomic E-state index is 0.0240. The highest BCUT2D eigenvalue weighted by Gasteiger charge is 2.11. The van der Waals surface area contributed by atoms with E-state index in [-0.39, 0.29) is 11.7 Å². The third-order valence-corrected chi connectivity index (χ3v) is 2.87. The van der Waals surface area contributed by atoms with Gasteiger partial charge in [0.05, 0.1) is 13.2 Å². The highest BCUT2D eigenvalue weighted by molar-refractivity contribution is 9.10. The Hall–Kier alpha value is -1.98. The Morgan fingerprint density at radius 3 is 2.37 bits per heavy atom. The molecule has 0 N–H and O–H groups in total. The maximum atomic E-state index is 8.77. The normalized spacial score (nSPS) is 9.42. The Morgan fingerprint density at radius 2 is 1.89 bits per heavy atom. The molecule has 0 aliphatic heterocycles. The summed E-state index contributed by atoms with van der Waals surface area (Å²) < 4.78 is 11.6. The number of nitriles is 2. The van der Waals surface area contributed by atoms with Crippen molar-refractivity contribution in [3.63, 3.8) is 0 Å². The molecule has 0 aliphatic carbocycles. The van der Waals surface area contributed by atoms with Crippen LogP contribution in [0.2, 0.25) is 0 Å². The largest absolute Gasteiger partial charge is 0.493 e. The maximum absolute atomic E-state index is 8.77. The van der Waals surface area contributed by atoms with E-state index >= 15 is 0 Å². The van der Waals surface area contributed by atoms with Crippen molar-refractivity contribution in [2.75, 3.05) is 7.11 Å². The Morgan fingerprint density at radius 1 is 1.26 bits per heavy atom. The van der Waals surface area contributed by atoms with Crippen molar-refractivity contribution in [1.29, 1.82) is 10.5 Å². The van der Waals surface area contributed by atoms with Crippen LogP contribution in [0.15, 0.2) is 22.2 Å². The lowest BCUT2D eigenvalue weighted by Crippen LogP contribution is -2.06. The quantitative estimate of drug-likeness (QED) is 0.794. The van der Waals surface area contributed by atoms with Gasteiger partial charge in [0.2, 0.25) is 0 Å². The van der Waals surface area contributed by atoms with Crippen molar-refractivity contribution in [3.05, 3.63) is 27.7 Å². The molecule has 0 saturated carbocycles. The van der Waals surface area contributed by atoms with Crippen LogP contribution < -0.4 is 9.47 Å². The maximum Gasteiger partial charge on any atom is 0.162 e. The van der Waals surface area contributed by atoms with E-state index in [4.69, 9.17) is 20.0 Å². The van der Waals surface area contributed by atoms with E-state index in [1.54, 1.807) is 19.2 Å². The van der Waals surface area contributed by atoms with Gasteiger partial charge in [0.1, 0.15) is 17.7 Å². The van der Waals surface area contributed by atoms with Crippen LogP contribution in [0.3, 0.4) is 0 Å². The molecule has 0 atom stereocenters. The summed E-state index contributed by atoms with van der Waals surface area (Å²) in [6.07, 6.45) is 1.52. The number of rotatable bonds is 4. The topological polar surface area (TPSA) is 66.0 Å². The van der Waals surface area contributed by atoms with Gasteiger partial charge in [-0.15, -0.1) is 0 Å². The minimum absolute atomic E-state index is 0.0240. The lowest BCUT2D eigenvalue weighted by atomic mass is 10.1. The lowest BCUT2D eigenvalue weighted by molar-refractivity contribution is 0.230. The van der Waals surface area contributed by atoms with Gasteiger partial charge in [-0.25, -0.2) is 0 Å². The number of methoxy groups -OCH3 is 1. The van der Waals surface area contributed by atoms with Gasteiger partial charge >= 0.3 is 0 Å². The SMILES string of the molecule is COc1cc(C=C(C#N)C#N)c(Br)cc1OC(C)C. The van der Waals surface area contributed by atoms with E-state index in [1.807, 2.05) is 26.0 Å².